The van der Waals surface area contributed by atoms with E-state index < -0.39 is 20.7 Å². The highest BCUT2D eigenvalue weighted by molar-refractivity contribution is 7.91. The van der Waals surface area contributed by atoms with Gasteiger partial charge in [0.2, 0.25) is 10.0 Å². The number of nitro benzene ring substituents is 1. The molecule has 2 N–H and O–H groups in total. The van der Waals surface area contributed by atoms with Crippen LogP contribution in [0.2, 0.25) is 0 Å². The van der Waals surface area contributed by atoms with Gasteiger partial charge >= 0.3 is 0 Å². The van der Waals surface area contributed by atoms with Gasteiger partial charge in [-0.05, 0) is 12.1 Å². The zero-order chi connectivity index (χ0) is 15.5. The van der Waals surface area contributed by atoms with Crippen LogP contribution >= 0.6 is 0 Å². The summed E-state index contributed by atoms with van der Waals surface area (Å²) < 4.78 is 26.3. The van der Waals surface area contributed by atoms with Crippen molar-refractivity contribution < 1.29 is 18.4 Å². The second kappa shape index (κ2) is 5.80. The zero-order valence-corrected chi connectivity index (χ0v) is 11.6. The molecule has 21 heavy (non-hydrogen) atoms. The van der Waals surface area contributed by atoms with Gasteiger partial charge < -0.3 is 5.11 Å². The van der Waals surface area contributed by atoms with Crippen molar-refractivity contribution in [3.63, 3.8) is 0 Å². The molecule has 110 valence electrons. The maximum absolute atomic E-state index is 12.0. The number of nitrogens with zero attached hydrogens (tertiary/aromatic N) is 1. The van der Waals surface area contributed by atoms with Crippen LogP contribution in [0.15, 0.2) is 48.5 Å². The molecule has 0 heterocycles. The standard InChI is InChI=1S/C13H12N2O5S/c16-12-6-3-5-11(8-12)14-21(19,20)9-10-4-1-2-7-13(10)15(17)18/h1-8,14,16H,9H2. The van der Waals surface area contributed by atoms with E-state index in [0.717, 1.165) is 0 Å². The van der Waals surface area contributed by atoms with Crippen LogP contribution in [-0.2, 0) is 15.8 Å². The SMILES string of the molecule is O=[N+]([O-])c1ccccc1CS(=O)(=O)Nc1cccc(O)c1. The molecule has 2 aromatic carbocycles. The van der Waals surface area contributed by atoms with Gasteiger partial charge in [-0.25, -0.2) is 8.42 Å². The normalized spacial score (nSPS) is 11.0. The summed E-state index contributed by atoms with van der Waals surface area (Å²) in [6.07, 6.45) is 0. The van der Waals surface area contributed by atoms with E-state index in [9.17, 15) is 23.6 Å². The molecule has 0 aliphatic carbocycles. The average Bonchev–Trinajstić information content (AvgIpc) is 2.37. The van der Waals surface area contributed by atoms with Crippen molar-refractivity contribution >= 4 is 21.4 Å². The first kappa shape index (κ1) is 14.8. The molecule has 0 unspecified atom stereocenters. The summed E-state index contributed by atoms with van der Waals surface area (Å²) >= 11 is 0. The van der Waals surface area contributed by atoms with Crippen LogP contribution in [0.4, 0.5) is 11.4 Å². The molecule has 2 rings (SSSR count). The first-order valence-corrected chi connectivity index (χ1v) is 7.54. The van der Waals surface area contributed by atoms with E-state index in [1.165, 1.54) is 48.5 Å². The smallest absolute Gasteiger partial charge is 0.273 e. The lowest BCUT2D eigenvalue weighted by Crippen LogP contribution is -2.15. The van der Waals surface area contributed by atoms with Crippen molar-refractivity contribution in [1.29, 1.82) is 0 Å². The second-order valence-corrected chi connectivity index (χ2v) is 6.02. The van der Waals surface area contributed by atoms with Gasteiger partial charge in [-0.15, -0.1) is 0 Å². The van der Waals surface area contributed by atoms with Crippen LogP contribution in [0.25, 0.3) is 0 Å². The molecule has 7 nitrogen and oxygen atoms in total. The number of anilines is 1. The number of hydrogen-bond donors (Lipinski definition) is 2. The molecule has 0 bridgehead atoms. The minimum absolute atomic E-state index is 0.0825. The topological polar surface area (TPSA) is 110 Å². The van der Waals surface area contributed by atoms with Gasteiger partial charge in [0.25, 0.3) is 5.69 Å². The third kappa shape index (κ3) is 3.93. The summed E-state index contributed by atoms with van der Waals surface area (Å²) in [5.41, 5.74) is 0.0301. The Labute approximate surface area is 121 Å². The van der Waals surface area contributed by atoms with E-state index in [4.69, 9.17) is 0 Å². The third-order valence-corrected chi connectivity index (χ3v) is 3.89. The van der Waals surface area contributed by atoms with Gasteiger partial charge in [0, 0.05) is 17.7 Å². The molecule has 0 atom stereocenters. The molecule has 0 aromatic heterocycles. The fourth-order valence-corrected chi connectivity index (χ4v) is 3.01. The lowest BCUT2D eigenvalue weighted by molar-refractivity contribution is -0.385. The van der Waals surface area contributed by atoms with Crippen LogP contribution in [0.3, 0.4) is 0 Å². The number of nitrogens with one attached hydrogen (secondary N) is 1. The van der Waals surface area contributed by atoms with Gasteiger partial charge in [-0.1, -0.05) is 24.3 Å². The maximum atomic E-state index is 12.0. The Kier molecular flexibility index (Phi) is 4.08. The van der Waals surface area contributed by atoms with Gasteiger partial charge in [0.05, 0.1) is 10.6 Å². The Balaban J connectivity index is 2.24. The van der Waals surface area contributed by atoms with E-state index in [1.807, 2.05) is 0 Å². The van der Waals surface area contributed by atoms with Crippen LogP contribution < -0.4 is 4.72 Å². The Morgan fingerprint density at radius 3 is 2.52 bits per heavy atom. The van der Waals surface area contributed by atoms with Crippen LogP contribution in [0.1, 0.15) is 5.56 Å². The van der Waals surface area contributed by atoms with E-state index in [0.29, 0.717) is 0 Å². The number of sulfonamides is 1. The minimum Gasteiger partial charge on any atom is -0.508 e. The number of phenolic OH excluding ortho intramolecular Hbond substituents is 1. The fourth-order valence-electron chi connectivity index (χ4n) is 1.80. The molecule has 0 fully saturated rings. The number of phenols is 1. The summed E-state index contributed by atoms with van der Waals surface area (Å²) in [7, 11) is -3.83. The quantitative estimate of drug-likeness (QED) is 0.650. The molecule has 0 spiro atoms. The largest absolute Gasteiger partial charge is 0.508 e. The molecule has 0 saturated carbocycles. The van der Waals surface area contributed by atoms with Crippen LogP contribution in [-0.4, -0.2) is 18.4 Å². The summed E-state index contributed by atoms with van der Waals surface area (Å²) in [6.45, 7) is 0. The van der Waals surface area contributed by atoms with Crippen molar-refractivity contribution in [1.82, 2.24) is 0 Å². The van der Waals surface area contributed by atoms with Crippen molar-refractivity contribution in [3.8, 4) is 5.75 Å². The highest BCUT2D eigenvalue weighted by Crippen LogP contribution is 2.22. The third-order valence-electron chi connectivity index (χ3n) is 2.65. The summed E-state index contributed by atoms with van der Waals surface area (Å²) in [4.78, 5) is 10.2. The fraction of sp³-hybridized carbons (Fsp3) is 0.0769. The van der Waals surface area contributed by atoms with Crippen LogP contribution in [0.5, 0.6) is 5.75 Å². The van der Waals surface area contributed by atoms with Crippen molar-refractivity contribution in [2.45, 2.75) is 5.75 Å². The molecule has 0 amide bonds. The molecule has 2 aromatic rings. The number of para-hydroxylation sites is 1. The van der Waals surface area contributed by atoms with E-state index in [2.05, 4.69) is 4.72 Å². The number of benzene rings is 2. The van der Waals surface area contributed by atoms with Crippen molar-refractivity contribution in [3.05, 3.63) is 64.2 Å². The highest BCUT2D eigenvalue weighted by Gasteiger charge is 2.19. The first-order chi connectivity index (χ1) is 9.87. The van der Waals surface area contributed by atoms with E-state index in [-0.39, 0.29) is 22.7 Å². The number of rotatable bonds is 5. The molecular weight excluding hydrogens is 296 g/mol. The molecule has 0 radical (unpaired) electrons. The second-order valence-electron chi connectivity index (χ2n) is 4.30. The maximum Gasteiger partial charge on any atom is 0.273 e. The lowest BCUT2D eigenvalue weighted by Gasteiger charge is -2.08. The van der Waals surface area contributed by atoms with Gasteiger partial charge in [0.1, 0.15) is 11.5 Å². The van der Waals surface area contributed by atoms with Gasteiger partial charge in [-0.3, -0.25) is 14.8 Å². The number of nitro groups is 1. The van der Waals surface area contributed by atoms with E-state index >= 15 is 0 Å². The molecule has 8 heteroatoms. The number of hydrogen-bond acceptors (Lipinski definition) is 5. The molecule has 0 saturated heterocycles. The average molecular weight is 308 g/mol. The monoisotopic (exact) mass is 308 g/mol. The highest BCUT2D eigenvalue weighted by atomic mass is 32.2. The van der Waals surface area contributed by atoms with Crippen molar-refractivity contribution in [2.24, 2.45) is 0 Å². The van der Waals surface area contributed by atoms with Crippen LogP contribution in [0, 0.1) is 10.1 Å². The van der Waals surface area contributed by atoms with Crippen molar-refractivity contribution in [2.75, 3.05) is 4.72 Å². The Hall–Kier alpha value is -2.61. The van der Waals surface area contributed by atoms with E-state index in [1.54, 1.807) is 0 Å². The first-order valence-electron chi connectivity index (χ1n) is 5.89. The van der Waals surface area contributed by atoms with Gasteiger partial charge in [0.15, 0.2) is 0 Å². The predicted octanol–water partition coefficient (Wildman–Crippen LogP) is 2.24. The lowest BCUT2D eigenvalue weighted by atomic mass is 10.2. The summed E-state index contributed by atoms with van der Waals surface area (Å²) in [5.74, 6) is -0.610. The zero-order valence-electron chi connectivity index (χ0n) is 10.8. The Morgan fingerprint density at radius 2 is 1.86 bits per heavy atom. The predicted molar refractivity (Wildman–Crippen MR) is 77.4 cm³/mol. The minimum atomic E-state index is -3.83. The molecular formula is C13H12N2O5S. The summed E-state index contributed by atoms with van der Waals surface area (Å²) in [6, 6.07) is 11.2. The Morgan fingerprint density at radius 1 is 1.14 bits per heavy atom. The number of aromatic hydroxyl groups is 1. The molecule has 0 aliphatic heterocycles. The molecule has 0 aliphatic rings. The summed E-state index contributed by atoms with van der Waals surface area (Å²) in [5, 5.41) is 20.2. The van der Waals surface area contributed by atoms with Gasteiger partial charge in [-0.2, -0.15) is 0 Å². The Bertz CT molecular complexity index is 774.